The summed E-state index contributed by atoms with van der Waals surface area (Å²) in [6, 6.07) is 18.9. The van der Waals surface area contributed by atoms with Crippen molar-refractivity contribution in [2.75, 3.05) is 10.8 Å². The molecule has 2 amide bonds. The van der Waals surface area contributed by atoms with Gasteiger partial charge in [0.15, 0.2) is 0 Å². The van der Waals surface area contributed by atoms with Crippen LogP contribution < -0.4 is 9.62 Å². The molecule has 2 atom stereocenters. The highest BCUT2D eigenvalue weighted by Gasteiger charge is 2.33. The SMILES string of the molecule is CC[C@@H](C)NC(=O)[C@H](C)N(Cc1cccc(C)c1)C(=O)CN(c1ccc(Cl)c(Cl)c1)S(=O)(=O)c1ccccc1. The predicted octanol–water partition coefficient (Wildman–Crippen LogP) is 5.83. The number of carbonyl (C=O) groups is 2. The third-order valence-electron chi connectivity index (χ3n) is 6.40. The fourth-order valence-electron chi connectivity index (χ4n) is 3.94. The third kappa shape index (κ3) is 7.75. The van der Waals surface area contributed by atoms with Crippen molar-refractivity contribution >= 4 is 50.7 Å². The summed E-state index contributed by atoms with van der Waals surface area (Å²) < 4.78 is 28.6. The van der Waals surface area contributed by atoms with Crippen LogP contribution in [0.1, 0.15) is 38.3 Å². The van der Waals surface area contributed by atoms with Gasteiger partial charge < -0.3 is 10.2 Å². The highest BCUT2D eigenvalue weighted by Crippen LogP contribution is 2.31. The number of nitrogens with one attached hydrogen (secondary N) is 1. The highest BCUT2D eigenvalue weighted by atomic mass is 35.5. The van der Waals surface area contributed by atoms with Crippen molar-refractivity contribution in [2.45, 2.75) is 57.6 Å². The first-order valence-corrected chi connectivity index (χ1v) is 14.8. The lowest BCUT2D eigenvalue weighted by Gasteiger charge is -2.32. The van der Waals surface area contributed by atoms with Gasteiger partial charge in [-0.1, -0.05) is 78.2 Å². The maximum absolute atomic E-state index is 13.9. The van der Waals surface area contributed by atoms with Crippen molar-refractivity contribution in [3.05, 3.63) is 94.0 Å². The Kier molecular flexibility index (Phi) is 10.4. The molecule has 0 aliphatic carbocycles. The molecule has 208 valence electrons. The maximum Gasteiger partial charge on any atom is 0.264 e. The van der Waals surface area contributed by atoms with E-state index in [4.69, 9.17) is 23.2 Å². The number of amides is 2. The second kappa shape index (κ2) is 13.3. The predicted molar refractivity (Wildman–Crippen MR) is 157 cm³/mol. The van der Waals surface area contributed by atoms with Gasteiger partial charge in [-0.25, -0.2) is 8.42 Å². The Morgan fingerprint density at radius 2 is 1.62 bits per heavy atom. The van der Waals surface area contributed by atoms with E-state index in [1.807, 2.05) is 45.0 Å². The molecule has 0 aromatic heterocycles. The summed E-state index contributed by atoms with van der Waals surface area (Å²) in [6.07, 6.45) is 0.727. The fraction of sp³-hybridized carbons (Fsp3) is 0.310. The summed E-state index contributed by atoms with van der Waals surface area (Å²) in [5.74, 6) is -0.869. The number of hydrogen-bond acceptors (Lipinski definition) is 4. The first-order valence-electron chi connectivity index (χ1n) is 12.6. The molecule has 1 N–H and O–H groups in total. The zero-order valence-corrected chi connectivity index (χ0v) is 24.7. The molecule has 0 heterocycles. The largest absolute Gasteiger partial charge is 0.352 e. The van der Waals surface area contributed by atoms with E-state index in [-0.39, 0.29) is 39.1 Å². The lowest BCUT2D eigenvalue weighted by molar-refractivity contribution is -0.139. The lowest BCUT2D eigenvalue weighted by Crippen LogP contribution is -2.52. The van der Waals surface area contributed by atoms with Gasteiger partial charge in [0, 0.05) is 12.6 Å². The Balaban J connectivity index is 2.04. The first kappa shape index (κ1) is 30.5. The molecule has 0 aliphatic heterocycles. The summed E-state index contributed by atoms with van der Waals surface area (Å²) in [4.78, 5) is 28.4. The topological polar surface area (TPSA) is 86.8 Å². The van der Waals surface area contributed by atoms with Crippen molar-refractivity contribution < 1.29 is 18.0 Å². The van der Waals surface area contributed by atoms with E-state index in [1.165, 1.54) is 35.2 Å². The Labute approximate surface area is 240 Å². The van der Waals surface area contributed by atoms with E-state index in [2.05, 4.69) is 5.32 Å². The van der Waals surface area contributed by atoms with Crippen LogP contribution >= 0.6 is 23.2 Å². The molecule has 0 saturated carbocycles. The Morgan fingerprint density at radius 1 is 0.923 bits per heavy atom. The molecule has 0 saturated heterocycles. The van der Waals surface area contributed by atoms with Crippen molar-refractivity contribution in [3.8, 4) is 0 Å². The van der Waals surface area contributed by atoms with Crippen LogP contribution in [0.15, 0.2) is 77.7 Å². The standard InChI is InChI=1S/C29H33Cl2N3O4S/c1-5-21(3)32-29(36)22(4)33(18-23-11-9-10-20(2)16-23)28(35)19-34(24-14-15-26(30)27(31)17-24)39(37,38)25-12-7-6-8-13-25/h6-17,21-22H,5,18-19H2,1-4H3,(H,32,36)/t21-,22+/m1/s1. The summed E-state index contributed by atoms with van der Waals surface area (Å²) in [7, 11) is -4.18. The number of sulfonamides is 1. The number of rotatable bonds is 11. The second-order valence-corrected chi connectivity index (χ2v) is 12.1. The van der Waals surface area contributed by atoms with E-state index in [0.29, 0.717) is 0 Å². The van der Waals surface area contributed by atoms with Gasteiger partial charge in [0.2, 0.25) is 11.8 Å². The van der Waals surface area contributed by atoms with Crippen LogP contribution in [-0.4, -0.2) is 43.8 Å². The molecule has 3 rings (SSSR count). The molecule has 0 bridgehead atoms. The normalized spacial score (nSPS) is 12.9. The van der Waals surface area contributed by atoms with Gasteiger partial charge in [0.05, 0.1) is 20.6 Å². The molecular weight excluding hydrogens is 557 g/mol. The summed E-state index contributed by atoms with van der Waals surface area (Å²) in [6.45, 7) is 6.98. The minimum absolute atomic E-state index is 0.0108. The van der Waals surface area contributed by atoms with Gasteiger partial charge in [-0.2, -0.15) is 0 Å². The Morgan fingerprint density at radius 3 is 2.23 bits per heavy atom. The zero-order chi connectivity index (χ0) is 28.7. The van der Waals surface area contributed by atoms with E-state index in [9.17, 15) is 18.0 Å². The van der Waals surface area contributed by atoms with Crippen LogP contribution in [0, 0.1) is 6.92 Å². The van der Waals surface area contributed by atoms with Gasteiger partial charge in [-0.3, -0.25) is 13.9 Å². The number of carbonyl (C=O) groups excluding carboxylic acids is 2. The van der Waals surface area contributed by atoms with E-state index in [1.54, 1.807) is 25.1 Å². The smallest absolute Gasteiger partial charge is 0.264 e. The zero-order valence-electron chi connectivity index (χ0n) is 22.4. The number of aryl methyl sites for hydroxylation is 1. The molecule has 10 heteroatoms. The second-order valence-electron chi connectivity index (χ2n) is 9.43. The van der Waals surface area contributed by atoms with Crippen LogP contribution in [0.25, 0.3) is 0 Å². The fourth-order valence-corrected chi connectivity index (χ4v) is 5.66. The van der Waals surface area contributed by atoms with E-state index < -0.39 is 28.5 Å². The average molecular weight is 591 g/mol. The number of benzene rings is 3. The maximum atomic E-state index is 13.9. The van der Waals surface area contributed by atoms with Gasteiger partial charge in [0.25, 0.3) is 10.0 Å². The molecule has 7 nitrogen and oxygen atoms in total. The highest BCUT2D eigenvalue weighted by molar-refractivity contribution is 7.92. The monoisotopic (exact) mass is 589 g/mol. The average Bonchev–Trinajstić information content (AvgIpc) is 2.91. The van der Waals surface area contributed by atoms with Crippen molar-refractivity contribution in [3.63, 3.8) is 0 Å². The molecule has 39 heavy (non-hydrogen) atoms. The van der Waals surface area contributed by atoms with Gasteiger partial charge in [0.1, 0.15) is 12.6 Å². The van der Waals surface area contributed by atoms with Gasteiger partial charge in [-0.05, 0) is 63.1 Å². The number of hydrogen-bond donors (Lipinski definition) is 1. The van der Waals surface area contributed by atoms with Crippen LogP contribution in [0.4, 0.5) is 5.69 Å². The minimum Gasteiger partial charge on any atom is -0.352 e. The van der Waals surface area contributed by atoms with E-state index >= 15 is 0 Å². The molecule has 0 spiro atoms. The molecule has 0 unspecified atom stereocenters. The van der Waals surface area contributed by atoms with Crippen molar-refractivity contribution in [2.24, 2.45) is 0 Å². The molecule has 0 fully saturated rings. The Hall–Kier alpha value is -3.07. The summed E-state index contributed by atoms with van der Waals surface area (Å²) in [5.41, 5.74) is 1.99. The molecule has 0 radical (unpaired) electrons. The van der Waals surface area contributed by atoms with Gasteiger partial charge >= 0.3 is 0 Å². The van der Waals surface area contributed by atoms with Crippen LogP contribution in [0.5, 0.6) is 0 Å². The quantitative estimate of drug-likeness (QED) is 0.305. The van der Waals surface area contributed by atoms with Crippen molar-refractivity contribution in [1.29, 1.82) is 0 Å². The van der Waals surface area contributed by atoms with E-state index in [0.717, 1.165) is 21.9 Å². The summed E-state index contributed by atoms with van der Waals surface area (Å²) >= 11 is 12.3. The van der Waals surface area contributed by atoms with Crippen molar-refractivity contribution in [1.82, 2.24) is 10.2 Å². The summed E-state index contributed by atoms with van der Waals surface area (Å²) in [5, 5.41) is 3.32. The van der Waals surface area contributed by atoms with Crippen LogP contribution in [0.3, 0.4) is 0 Å². The minimum atomic E-state index is -4.18. The molecular formula is C29H33Cl2N3O4S. The third-order valence-corrected chi connectivity index (χ3v) is 8.93. The molecule has 0 aliphatic rings. The number of anilines is 1. The lowest BCUT2D eigenvalue weighted by atomic mass is 10.1. The molecule has 3 aromatic carbocycles. The molecule has 3 aromatic rings. The number of halogens is 2. The van der Waals surface area contributed by atoms with Gasteiger partial charge in [-0.15, -0.1) is 0 Å². The Bertz CT molecular complexity index is 1420. The number of nitrogens with zero attached hydrogens (tertiary/aromatic N) is 2. The first-order chi connectivity index (χ1) is 18.4. The van der Waals surface area contributed by atoms with Crippen LogP contribution in [0.2, 0.25) is 10.0 Å². The van der Waals surface area contributed by atoms with Crippen LogP contribution in [-0.2, 0) is 26.2 Å².